The monoisotopic (exact) mass is 538 g/mol. The summed E-state index contributed by atoms with van der Waals surface area (Å²) in [7, 11) is -0.772. The Morgan fingerprint density at radius 2 is 2.03 bits per heavy atom. The fraction of sp³-hybridized carbons (Fsp3) is 0.350. The smallest absolute Gasteiger partial charge is 0.536 e. The number of fused-ring (bicyclic) bond motifs is 1. The van der Waals surface area contributed by atoms with E-state index in [2.05, 4.69) is 42.5 Å². The number of carbonyl (C=O) groups excluding carboxylic acids is 3. The predicted molar refractivity (Wildman–Crippen MR) is 120 cm³/mol. The Morgan fingerprint density at radius 3 is 2.73 bits per heavy atom. The average molecular weight is 540 g/mol. The Kier molecular flexibility index (Phi) is 7.54. The third-order valence-electron chi connectivity index (χ3n) is 4.54. The molecule has 1 heterocycles. The maximum Gasteiger partial charge on any atom is 0.550 e. The van der Waals surface area contributed by atoms with Crippen LogP contribution in [0, 0.1) is 5.92 Å². The number of rotatable bonds is 7. The van der Waals surface area contributed by atoms with Crippen LogP contribution in [0.2, 0.25) is 0 Å². The number of nitrogens with one attached hydrogen (secondary N) is 2. The van der Waals surface area contributed by atoms with Crippen LogP contribution in [0.5, 0.6) is 0 Å². The molecule has 10 heteroatoms. The van der Waals surface area contributed by atoms with Crippen molar-refractivity contribution < 1.29 is 23.7 Å². The molecule has 1 aliphatic carbocycles. The number of allylic oxidation sites excluding steroid dienone is 2. The van der Waals surface area contributed by atoms with Gasteiger partial charge in [-0.25, -0.2) is 0 Å². The van der Waals surface area contributed by atoms with E-state index in [0.29, 0.717) is 22.2 Å². The van der Waals surface area contributed by atoms with Crippen molar-refractivity contribution in [3.05, 3.63) is 56.7 Å². The van der Waals surface area contributed by atoms with Gasteiger partial charge in [-0.2, -0.15) is 0 Å². The van der Waals surface area contributed by atoms with Crippen LogP contribution in [0.15, 0.2) is 51.1 Å². The Morgan fingerprint density at radius 1 is 1.27 bits per heavy atom. The summed E-state index contributed by atoms with van der Waals surface area (Å²) in [5.74, 6) is -0.702. The lowest BCUT2D eigenvalue weighted by molar-refractivity contribution is -0.120. The number of hydrogen-bond acceptors (Lipinski definition) is 5. The normalized spacial score (nSPS) is 18.6. The lowest BCUT2D eigenvalue weighted by atomic mass is 9.74. The second-order valence-corrected chi connectivity index (χ2v) is 9.21. The Labute approximate surface area is 192 Å². The zero-order valence-electron chi connectivity index (χ0n) is 16.5. The molecule has 0 bridgehead atoms. The topological polar surface area (TPSA) is 93.7 Å². The standard InChI is InChI=1S/C20H21BBr2N2O5/c1-11(2)8-17(21-29-16-5-3-4-15(26)19(16)30-21)25-18(27)10-24-20(28)13-9-12(22)6-7-14(13)23/h3-7,9,11,17,19H,8,10H2,1-2H3,(H,24,28)(H,25,27). The third kappa shape index (κ3) is 5.62. The van der Waals surface area contributed by atoms with Crippen LogP contribution in [0.4, 0.5) is 0 Å². The van der Waals surface area contributed by atoms with Gasteiger partial charge >= 0.3 is 7.12 Å². The fourth-order valence-corrected chi connectivity index (χ4v) is 3.98. The van der Waals surface area contributed by atoms with Crippen LogP contribution in [-0.4, -0.2) is 43.3 Å². The van der Waals surface area contributed by atoms with Crippen molar-refractivity contribution >= 4 is 56.6 Å². The lowest BCUT2D eigenvalue weighted by Crippen LogP contribution is -2.51. The highest BCUT2D eigenvalue weighted by atomic mass is 79.9. The first-order valence-electron chi connectivity index (χ1n) is 9.51. The highest BCUT2D eigenvalue weighted by Crippen LogP contribution is 2.27. The van der Waals surface area contributed by atoms with Crippen molar-refractivity contribution in [3.63, 3.8) is 0 Å². The van der Waals surface area contributed by atoms with Crippen LogP contribution in [-0.2, 0) is 18.9 Å². The van der Waals surface area contributed by atoms with Crippen molar-refractivity contribution in [2.45, 2.75) is 32.3 Å². The summed E-state index contributed by atoms with van der Waals surface area (Å²) in [6.07, 6.45) is 4.57. The van der Waals surface area contributed by atoms with Gasteiger partial charge in [0, 0.05) is 8.95 Å². The summed E-state index contributed by atoms with van der Waals surface area (Å²) in [5, 5.41) is 5.48. The minimum atomic E-state index is -0.772. The zero-order chi connectivity index (χ0) is 21.8. The minimum Gasteiger partial charge on any atom is -0.536 e. The second-order valence-electron chi connectivity index (χ2n) is 7.44. The second kappa shape index (κ2) is 9.93. The van der Waals surface area contributed by atoms with Crippen LogP contribution < -0.4 is 10.6 Å². The van der Waals surface area contributed by atoms with E-state index in [0.717, 1.165) is 4.47 Å². The molecule has 158 valence electrons. The van der Waals surface area contributed by atoms with E-state index >= 15 is 0 Å². The molecule has 0 radical (unpaired) electrons. The summed E-state index contributed by atoms with van der Waals surface area (Å²) in [4.78, 5) is 36.9. The van der Waals surface area contributed by atoms with Crippen molar-refractivity contribution in [2.75, 3.05) is 6.54 Å². The minimum absolute atomic E-state index is 0.184. The highest BCUT2D eigenvalue weighted by Gasteiger charge is 2.46. The first-order valence-corrected chi connectivity index (χ1v) is 11.1. The van der Waals surface area contributed by atoms with E-state index in [1.165, 1.54) is 6.08 Å². The maximum atomic E-state index is 12.5. The first-order chi connectivity index (χ1) is 14.2. The van der Waals surface area contributed by atoms with E-state index in [1.54, 1.807) is 30.4 Å². The summed E-state index contributed by atoms with van der Waals surface area (Å²) in [6, 6.07) is 5.22. The molecule has 1 aliphatic heterocycles. The molecule has 0 saturated carbocycles. The van der Waals surface area contributed by atoms with Crippen molar-refractivity contribution in [1.82, 2.24) is 10.6 Å². The quantitative estimate of drug-likeness (QED) is 0.520. The molecule has 30 heavy (non-hydrogen) atoms. The lowest BCUT2D eigenvalue weighted by Gasteiger charge is -2.21. The van der Waals surface area contributed by atoms with Gasteiger partial charge in [-0.3, -0.25) is 14.4 Å². The summed E-state index contributed by atoms with van der Waals surface area (Å²) >= 11 is 6.66. The molecular formula is C20H21BBr2N2O5. The Balaban J connectivity index is 1.60. The summed E-state index contributed by atoms with van der Waals surface area (Å²) in [5.41, 5.74) is 0.417. The van der Waals surface area contributed by atoms with Crippen molar-refractivity contribution in [3.8, 4) is 0 Å². The van der Waals surface area contributed by atoms with Gasteiger partial charge in [-0.05, 0) is 58.6 Å². The van der Waals surface area contributed by atoms with Crippen molar-refractivity contribution in [2.24, 2.45) is 5.92 Å². The molecule has 0 aromatic heterocycles. The SMILES string of the molecule is CC(C)CC(NC(=O)CNC(=O)c1cc(Br)ccc1Br)B1OC2=CC=CC(=O)C2O1. The molecule has 2 N–H and O–H groups in total. The van der Waals surface area contributed by atoms with Gasteiger partial charge in [0.2, 0.25) is 5.91 Å². The van der Waals surface area contributed by atoms with Crippen LogP contribution in [0.25, 0.3) is 0 Å². The molecule has 7 nitrogen and oxygen atoms in total. The van der Waals surface area contributed by atoms with Crippen LogP contribution in [0.1, 0.15) is 30.6 Å². The molecule has 1 saturated heterocycles. The maximum absolute atomic E-state index is 12.5. The zero-order valence-corrected chi connectivity index (χ0v) is 19.7. The molecule has 2 atom stereocenters. The molecular weight excluding hydrogens is 519 g/mol. The largest absolute Gasteiger partial charge is 0.550 e. The van der Waals surface area contributed by atoms with Crippen molar-refractivity contribution in [1.29, 1.82) is 0 Å². The van der Waals surface area contributed by atoms with Gasteiger partial charge in [0.05, 0.1) is 18.0 Å². The van der Waals surface area contributed by atoms with Gasteiger partial charge < -0.3 is 19.9 Å². The fourth-order valence-electron chi connectivity index (χ4n) is 3.19. The number of hydrogen-bond donors (Lipinski definition) is 2. The van der Waals surface area contributed by atoms with E-state index < -0.39 is 19.2 Å². The number of carbonyl (C=O) groups is 3. The summed E-state index contributed by atoms with van der Waals surface area (Å²) in [6.45, 7) is 3.82. The number of ketones is 1. The van der Waals surface area contributed by atoms with Gasteiger partial charge in [-0.1, -0.05) is 35.9 Å². The Hall–Kier alpha value is -1.91. The molecule has 3 rings (SSSR count). The molecule has 1 fully saturated rings. The molecule has 1 aromatic rings. The van der Waals surface area contributed by atoms with E-state index in [4.69, 9.17) is 9.31 Å². The van der Waals surface area contributed by atoms with Gasteiger partial charge in [-0.15, -0.1) is 0 Å². The highest BCUT2D eigenvalue weighted by molar-refractivity contribution is 9.11. The van der Waals surface area contributed by atoms with Gasteiger partial charge in [0.1, 0.15) is 5.76 Å². The van der Waals surface area contributed by atoms with Crippen LogP contribution >= 0.6 is 31.9 Å². The van der Waals surface area contributed by atoms with E-state index in [1.807, 2.05) is 13.8 Å². The Bertz CT molecular complexity index is 918. The first kappa shape index (κ1) is 22.8. The molecule has 0 spiro atoms. The van der Waals surface area contributed by atoms with E-state index in [-0.39, 0.29) is 30.1 Å². The van der Waals surface area contributed by atoms with Gasteiger partial charge in [0.15, 0.2) is 11.9 Å². The average Bonchev–Trinajstić information content (AvgIpc) is 3.13. The molecule has 1 aromatic carbocycles. The molecule has 2 unspecified atom stereocenters. The van der Waals surface area contributed by atoms with Crippen LogP contribution in [0.3, 0.4) is 0 Å². The molecule has 2 aliphatic rings. The molecule has 2 amide bonds. The predicted octanol–water partition coefficient (Wildman–Crippen LogP) is 2.94. The third-order valence-corrected chi connectivity index (χ3v) is 5.73. The summed E-state index contributed by atoms with van der Waals surface area (Å²) < 4.78 is 12.9. The number of halogens is 2. The number of amides is 2. The van der Waals surface area contributed by atoms with E-state index in [9.17, 15) is 14.4 Å². The van der Waals surface area contributed by atoms with Gasteiger partial charge in [0.25, 0.3) is 5.91 Å². The number of benzene rings is 1.